The first-order chi connectivity index (χ1) is 9.95. The Morgan fingerprint density at radius 2 is 1.90 bits per heavy atom. The van der Waals surface area contributed by atoms with Crippen molar-refractivity contribution in [3.05, 3.63) is 41.9 Å². The number of Topliss-reactive ketones (excluding diaryl/α,β-unsaturated/α-hetero) is 1. The molecule has 0 atom stereocenters. The number of amides is 1. The molecule has 0 radical (unpaired) electrons. The average molecular weight is 283 g/mol. The van der Waals surface area contributed by atoms with E-state index in [0.717, 1.165) is 22.4 Å². The summed E-state index contributed by atoms with van der Waals surface area (Å²) in [7, 11) is 0. The van der Waals surface area contributed by atoms with Gasteiger partial charge < -0.3 is 5.32 Å². The number of nitrogens with zero attached hydrogens (tertiary/aromatic N) is 2. The van der Waals surface area contributed by atoms with Gasteiger partial charge in [0.15, 0.2) is 0 Å². The third kappa shape index (κ3) is 3.95. The van der Waals surface area contributed by atoms with Crippen LogP contribution in [0.25, 0.3) is 11.1 Å². The third-order valence-corrected chi connectivity index (χ3v) is 3.03. The van der Waals surface area contributed by atoms with E-state index < -0.39 is 0 Å². The van der Waals surface area contributed by atoms with E-state index in [9.17, 15) is 9.59 Å². The lowest BCUT2D eigenvalue weighted by Crippen LogP contribution is -2.07. The maximum absolute atomic E-state index is 11.3. The summed E-state index contributed by atoms with van der Waals surface area (Å²) in [6.45, 7) is 4.89. The van der Waals surface area contributed by atoms with Crippen LogP contribution in [0.2, 0.25) is 0 Å². The quantitative estimate of drug-likeness (QED) is 0.936. The molecular weight excluding hydrogens is 266 g/mol. The molecule has 2 aromatic heterocycles. The van der Waals surface area contributed by atoms with E-state index in [1.807, 2.05) is 19.1 Å². The summed E-state index contributed by atoms with van der Waals surface area (Å²) in [5.41, 5.74) is 3.56. The number of pyridine rings is 2. The molecule has 0 aliphatic carbocycles. The van der Waals surface area contributed by atoms with Crippen molar-refractivity contribution < 1.29 is 9.59 Å². The molecule has 0 aliphatic rings. The summed E-state index contributed by atoms with van der Waals surface area (Å²) in [5, 5.41) is 2.65. The molecule has 2 aromatic rings. The smallest absolute Gasteiger partial charge is 0.222 e. The molecule has 0 fully saturated rings. The van der Waals surface area contributed by atoms with E-state index in [2.05, 4.69) is 15.3 Å². The molecule has 108 valence electrons. The van der Waals surface area contributed by atoms with Gasteiger partial charge in [0, 0.05) is 37.0 Å². The molecular formula is C16H17N3O2. The highest BCUT2D eigenvalue weighted by Crippen LogP contribution is 2.23. The average Bonchev–Trinajstić information content (AvgIpc) is 2.40. The van der Waals surface area contributed by atoms with Gasteiger partial charge in [0.2, 0.25) is 5.91 Å². The Kier molecular flexibility index (Phi) is 4.42. The van der Waals surface area contributed by atoms with Gasteiger partial charge in [0.05, 0.1) is 0 Å². The fourth-order valence-corrected chi connectivity index (χ4v) is 2.04. The fraction of sp³-hybridized carbons (Fsp3) is 0.250. The fourth-order valence-electron chi connectivity index (χ4n) is 2.04. The standard InChI is InChI=1S/C16H17N3O2/c1-10(20)6-14-7-15(9-18-11(14)2)13-4-5-17-16(8-13)19-12(3)21/h4-5,7-9H,6H2,1-3H3,(H,17,19,21). The number of hydrogen-bond donors (Lipinski definition) is 1. The molecule has 0 aromatic carbocycles. The SMILES string of the molecule is CC(=O)Cc1cc(-c2ccnc(NC(C)=O)c2)cnc1C. The normalized spacial score (nSPS) is 10.2. The second-order valence-electron chi connectivity index (χ2n) is 4.96. The van der Waals surface area contributed by atoms with Crippen LogP contribution in [0.1, 0.15) is 25.1 Å². The molecule has 2 rings (SSSR count). The van der Waals surface area contributed by atoms with Gasteiger partial charge in [-0.25, -0.2) is 4.98 Å². The van der Waals surface area contributed by atoms with E-state index in [-0.39, 0.29) is 11.7 Å². The molecule has 21 heavy (non-hydrogen) atoms. The Hall–Kier alpha value is -2.56. The number of aromatic nitrogens is 2. The molecule has 5 nitrogen and oxygen atoms in total. The number of hydrogen-bond acceptors (Lipinski definition) is 4. The van der Waals surface area contributed by atoms with E-state index in [1.165, 1.54) is 6.92 Å². The number of aryl methyl sites for hydroxylation is 1. The lowest BCUT2D eigenvalue weighted by molar-refractivity contribution is -0.116. The summed E-state index contributed by atoms with van der Waals surface area (Å²) in [6.07, 6.45) is 3.76. The maximum atomic E-state index is 11.3. The molecule has 0 saturated heterocycles. The number of carbonyl (C=O) groups is 2. The molecule has 0 saturated carbocycles. The van der Waals surface area contributed by atoms with Gasteiger partial charge >= 0.3 is 0 Å². The highest BCUT2D eigenvalue weighted by atomic mass is 16.1. The third-order valence-electron chi connectivity index (χ3n) is 3.03. The zero-order valence-corrected chi connectivity index (χ0v) is 12.3. The maximum Gasteiger partial charge on any atom is 0.222 e. The van der Waals surface area contributed by atoms with Crippen LogP contribution in [0.3, 0.4) is 0 Å². The molecule has 0 aliphatic heterocycles. The van der Waals surface area contributed by atoms with Crippen molar-refractivity contribution in [2.45, 2.75) is 27.2 Å². The Labute approximate surface area is 123 Å². The largest absolute Gasteiger partial charge is 0.311 e. The van der Waals surface area contributed by atoms with Crippen LogP contribution in [0.5, 0.6) is 0 Å². The van der Waals surface area contributed by atoms with Crippen molar-refractivity contribution in [1.82, 2.24) is 9.97 Å². The molecule has 5 heteroatoms. The topological polar surface area (TPSA) is 72.0 Å². The zero-order chi connectivity index (χ0) is 15.4. The number of rotatable bonds is 4. The minimum atomic E-state index is -0.168. The Morgan fingerprint density at radius 3 is 2.57 bits per heavy atom. The Balaban J connectivity index is 2.37. The van der Waals surface area contributed by atoms with Crippen molar-refractivity contribution in [2.75, 3.05) is 5.32 Å². The lowest BCUT2D eigenvalue weighted by atomic mass is 10.0. The van der Waals surface area contributed by atoms with Crippen molar-refractivity contribution in [3.63, 3.8) is 0 Å². The van der Waals surface area contributed by atoms with Crippen molar-refractivity contribution >= 4 is 17.5 Å². The molecule has 0 spiro atoms. The van der Waals surface area contributed by atoms with Crippen molar-refractivity contribution in [1.29, 1.82) is 0 Å². The Bertz CT molecular complexity index is 696. The minimum absolute atomic E-state index is 0.103. The minimum Gasteiger partial charge on any atom is -0.311 e. The lowest BCUT2D eigenvalue weighted by Gasteiger charge is -2.08. The zero-order valence-electron chi connectivity index (χ0n) is 12.3. The first-order valence-electron chi connectivity index (χ1n) is 6.64. The van der Waals surface area contributed by atoms with Crippen molar-refractivity contribution in [3.8, 4) is 11.1 Å². The van der Waals surface area contributed by atoms with Gasteiger partial charge in [0.1, 0.15) is 11.6 Å². The second-order valence-corrected chi connectivity index (χ2v) is 4.96. The van der Waals surface area contributed by atoms with Crippen LogP contribution < -0.4 is 5.32 Å². The highest BCUT2D eigenvalue weighted by Gasteiger charge is 2.07. The predicted octanol–water partition coefficient (Wildman–Crippen LogP) is 2.54. The van der Waals surface area contributed by atoms with Crippen LogP contribution >= 0.6 is 0 Å². The number of carbonyl (C=O) groups excluding carboxylic acids is 2. The van der Waals surface area contributed by atoms with Crippen LogP contribution in [-0.4, -0.2) is 21.7 Å². The van der Waals surface area contributed by atoms with Crippen LogP contribution in [0.4, 0.5) is 5.82 Å². The van der Waals surface area contributed by atoms with Gasteiger partial charge in [-0.1, -0.05) is 0 Å². The first-order valence-corrected chi connectivity index (χ1v) is 6.64. The van der Waals surface area contributed by atoms with Gasteiger partial charge in [-0.15, -0.1) is 0 Å². The summed E-state index contributed by atoms with van der Waals surface area (Å²) in [5.74, 6) is 0.429. The number of ketones is 1. The van der Waals surface area contributed by atoms with E-state index >= 15 is 0 Å². The van der Waals surface area contributed by atoms with Gasteiger partial charge in [-0.3, -0.25) is 14.6 Å². The van der Waals surface area contributed by atoms with Gasteiger partial charge in [-0.2, -0.15) is 0 Å². The Morgan fingerprint density at radius 1 is 1.14 bits per heavy atom. The molecule has 0 unspecified atom stereocenters. The summed E-state index contributed by atoms with van der Waals surface area (Å²) in [6, 6.07) is 5.58. The summed E-state index contributed by atoms with van der Waals surface area (Å²) < 4.78 is 0. The van der Waals surface area contributed by atoms with E-state index in [0.29, 0.717) is 12.2 Å². The monoisotopic (exact) mass is 283 g/mol. The predicted molar refractivity (Wildman–Crippen MR) is 80.9 cm³/mol. The first kappa shape index (κ1) is 14.8. The van der Waals surface area contributed by atoms with Crippen LogP contribution in [0, 0.1) is 6.92 Å². The molecule has 0 bridgehead atoms. The second kappa shape index (κ2) is 6.26. The molecule has 1 amide bonds. The highest BCUT2D eigenvalue weighted by molar-refractivity contribution is 5.88. The van der Waals surface area contributed by atoms with Gasteiger partial charge in [0.25, 0.3) is 0 Å². The van der Waals surface area contributed by atoms with Crippen LogP contribution in [-0.2, 0) is 16.0 Å². The molecule has 2 heterocycles. The van der Waals surface area contributed by atoms with Crippen molar-refractivity contribution in [2.24, 2.45) is 0 Å². The van der Waals surface area contributed by atoms with E-state index in [1.54, 1.807) is 25.4 Å². The van der Waals surface area contributed by atoms with Gasteiger partial charge in [-0.05, 0) is 43.2 Å². The summed E-state index contributed by atoms with van der Waals surface area (Å²) >= 11 is 0. The van der Waals surface area contributed by atoms with E-state index in [4.69, 9.17) is 0 Å². The molecule has 1 N–H and O–H groups in total. The van der Waals surface area contributed by atoms with Crippen LogP contribution in [0.15, 0.2) is 30.6 Å². The summed E-state index contributed by atoms with van der Waals surface area (Å²) in [4.78, 5) is 30.8. The number of anilines is 1. The number of nitrogens with one attached hydrogen (secondary N) is 1.